The fraction of sp³-hybridized carbons (Fsp3) is 0.625. The number of rotatable bonds is 8. The Bertz CT molecular complexity index is 320. The normalized spacial score (nSPS) is 14.4. The predicted octanol–water partition coefficient (Wildman–Crippen LogP) is 5.30. The van der Waals surface area contributed by atoms with Crippen LogP contribution in [0.4, 0.5) is 0 Å². The van der Waals surface area contributed by atoms with Crippen LogP contribution in [0.1, 0.15) is 64.5 Å². The van der Waals surface area contributed by atoms with Gasteiger partial charge in [-0.15, -0.1) is 0 Å². The van der Waals surface area contributed by atoms with E-state index in [9.17, 15) is 0 Å². The molecule has 102 valence electrons. The lowest BCUT2D eigenvalue weighted by atomic mass is 10.0. The van der Waals surface area contributed by atoms with Crippen molar-refractivity contribution in [2.75, 3.05) is 0 Å². The molecule has 1 aromatic carbocycles. The maximum absolute atomic E-state index is 3.69. The highest BCUT2D eigenvalue weighted by Gasteiger charge is 2.08. The van der Waals surface area contributed by atoms with Gasteiger partial charge in [-0.2, -0.15) is 0 Å². The van der Waals surface area contributed by atoms with Crippen molar-refractivity contribution in [1.82, 2.24) is 5.32 Å². The van der Waals surface area contributed by atoms with Gasteiger partial charge in [0.1, 0.15) is 0 Å². The molecular formula is C16H26IN. The average Bonchev–Trinajstić information content (AvgIpc) is 2.35. The molecule has 1 rings (SSSR count). The molecule has 2 heteroatoms. The van der Waals surface area contributed by atoms with E-state index in [1.807, 2.05) is 0 Å². The SMILES string of the molecule is CCCCCCC(C)NC(C)c1ccc(I)cc1. The maximum Gasteiger partial charge on any atom is 0.0294 e. The van der Waals surface area contributed by atoms with Gasteiger partial charge in [0.25, 0.3) is 0 Å². The highest BCUT2D eigenvalue weighted by Crippen LogP contribution is 2.16. The molecule has 0 bridgehead atoms. The summed E-state index contributed by atoms with van der Waals surface area (Å²) in [6.45, 7) is 6.82. The van der Waals surface area contributed by atoms with Crippen molar-refractivity contribution in [3.63, 3.8) is 0 Å². The Morgan fingerprint density at radius 2 is 1.72 bits per heavy atom. The molecule has 0 amide bonds. The molecular weight excluding hydrogens is 333 g/mol. The van der Waals surface area contributed by atoms with Gasteiger partial charge < -0.3 is 5.32 Å². The van der Waals surface area contributed by atoms with E-state index in [1.165, 1.54) is 41.2 Å². The summed E-state index contributed by atoms with van der Waals surface area (Å²) < 4.78 is 1.30. The summed E-state index contributed by atoms with van der Waals surface area (Å²) in [5.74, 6) is 0. The molecule has 0 aromatic heterocycles. The Labute approximate surface area is 126 Å². The van der Waals surface area contributed by atoms with Crippen molar-refractivity contribution in [3.05, 3.63) is 33.4 Å². The van der Waals surface area contributed by atoms with Crippen LogP contribution < -0.4 is 5.32 Å². The van der Waals surface area contributed by atoms with Crippen molar-refractivity contribution in [1.29, 1.82) is 0 Å². The minimum Gasteiger partial charge on any atom is -0.308 e. The summed E-state index contributed by atoms with van der Waals surface area (Å²) >= 11 is 2.35. The van der Waals surface area contributed by atoms with Crippen molar-refractivity contribution in [2.45, 2.75) is 65.0 Å². The van der Waals surface area contributed by atoms with Gasteiger partial charge in [-0.3, -0.25) is 0 Å². The average molecular weight is 359 g/mol. The quantitative estimate of drug-likeness (QED) is 0.491. The van der Waals surface area contributed by atoms with E-state index in [2.05, 4.69) is 72.9 Å². The van der Waals surface area contributed by atoms with Gasteiger partial charge >= 0.3 is 0 Å². The molecule has 1 nitrogen and oxygen atoms in total. The Kier molecular flexibility index (Phi) is 7.91. The Balaban J connectivity index is 2.30. The third-order valence-electron chi connectivity index (χ3n) is 3.40. The lowest BCUT2D eigenvalue weighted by Crippen LogP contribution is -2.28. The van der Waals surface area contributed by atoms with Crippen molar-refractivity contribution < 1.29 is 0 Å². The number of benzene rings is 1. The lowest BCUT2D eigenvalue weighted by molar-refractivity contribution is 0.438. The first-order valence-electron chi connectivity index (χ1n) is 7.15. The second kappa shape index (κ2) is 8.92. The van der Waals surface area contributed by atoms with Gasteiger partial charge in [0, 0.05) is 15.7 Å². The van der Waals surface area contributed by atoms with E-state index in [0.29, 0.717) is 12.1 Å². The molecule has 2 atom stereocenters. The zero-order chi connectivity index (χ0) is 13.4. The van der Waals surface area contributed by atoms with Crippen LogP contribution in [0.15, 0.2) is 24.3 Å². The van der Waals surface area contributed by atoms with E-state index >= 15 is 0 Å². The Hall–Kier alpha value is -0.0900. The van der Waals surface area contributed by atoms with E-state index in [1.54, 1.807) is 0 Å². The van der Waals surface area contributed by atoms with Crippen LogP contribution in [-0.4, -0.2) is 6.04 Å². The summed E-state index contributed by atoms with van der Waals surface area (Å²) in [6.07, 6.45) is 6.71. The maximum atomic E-state index is 3.69. The summed E-state index contributed by atoms with van der Waals surface area (Å²) in [6, 6.07) is 9.87. The second-order valence-electron chi connectivity index (χ2n) is 5.19. The van der Waals surface area contributed by atoms with Crippen LogP contribution in [0.3, 0.4) is 0 Å². The minimum absolute atomic E-state index is 0.447. The van der Waals surface area contributed by atoms with E-state index < -0.39 is 0 Å². The molecule has 1 N–H and O–H groups in total. The zero-order valence-electron chi connectivity index (χ0n) is 11.9. The molecule has 0 aliphatic rings. The van der Waals surface area contributed by atoms with Gasteiger partial charge in [0.05, 0.1) is 0 Å². The third kappa shape index (κ3) is 6.19. The van der Waals surface area contributed by atoms with Crippen LogP contribution in [0.5, 0.6) is 0 Å². The first kappa shape index (κ1) is 16.0. The smallest absolute Gasteiger partial charge is 0.0294 e. The molecule has 0 fully saturated rings. The number of nitrogens with one attached hydrogen (secondary N) is 1. The highest BCUT2D eigenvalue weighted by atomic mass is 127. The van der Waals surface area contributed by atoms with Crippen LogP contribution in [0.25, 0.3) is 0 Å². The predicted molar refractivity (Wildman–Crippen MR) is 88.9 cm³/mol. The fourth-order valence-corrected chi connectivity index (χ4v) is 2.59. The number of unbranched alkanes of at least 4 members (excludes halogenated alkanes) is 3. The minimum atomic E-state index is 0.447. The molecule has 0 heterocycles. The molecule has 0 radical (unpaired) electrons. The van der Waals surface area contributed by atoms with Crippen LogP contribution >= 0.6 is 22.6 Å². The number of hydrogen-bond donors (Lipinski definition) is 1. The number of hydrogen-bond acceptors (Lipinski definition) is 1. The van der Waals surface area contributed by atoms with Crippen molar-refractivity contribution >= 4 is 22.6 Å². The molecule has 0 aliphatic carbocycles. The van der Waals surface area contributed by atoms with Crippen molar-refractivity contribution in [3.8, 4) is 0 Å². The van der Waals surface area contributed by atoms with E-state index in [-0.39, 0.29) is 0 Å². The second-order valence-corrected chi connectivity index (χ2v) is 6.44. The highest BCUT2D eigenvalue weighted by molar-refractivity contribution is 14.1. The molecule has 1 aromatic rings. The Morgan fingerprint density at radius 3 is 2.33 bits per heavy atom. The summed E-state index contributed by atoms with van der Waals surface area (Å²) in [5.41, 5.74) is 1.39. The van der Waals surface area contributed by atoms with Gasteiger partial charge in [-0.25, -0.2) is 0 Å². The van der Waals surface area contributed by atoms with Crippen LogP contribution in [0.2, 0.25) is 0 Å². The van der Waals surface area contributed by atoms with Gasteiger partial charge in [-0.05, 0) is 60.6 Å². The largest absolute Gasteiger partial charge is 0.308 e. The standard InChI is InChI=1S/C16H26IN/c1-4-5-6-7-8-13(2)18-14(3)15-9-11-16(17)12-10-15/h9-14,18H,4-8H2,1-3H3. The summed E-state index contributed by atoms with van der Waals surface area (Å²) in [7, 11) is 0. The van der Waals surface area contributed by atoms with E-state index in [0.717, 1.165) is 0 Å². The molecule has 18 heavy (non-hydrogen) atoms. The summed E-state index contributed by atoms with van der Waals surface area (Å²) in [5, 5.41) is 3.69. The van der Waals surface area contributed by atoms with Gasteiger partial charge in [0.15, 0.2) is 0 Å². The Morgan fingerprint density at radius 1 is 1.06 bits per heavy atom. The number of halogens is 1. The summed E-state index contributed by atoms with van der Waals surface area (Å²) in [4.78, 5) is 0. The molecule has 0 spiro atoms. The van der Waals surface area contributed by atoms with Gasteiger partial charge in [0.2, 0.25) is 0 Å². The fourth-order valence-electron chi connectivity index (χ4n) is 2.24. The van der Waals surface area contributed by atoms with Crippen LogP contribution in [0, 0.1) is 3.57 Å². The molecule has 0 aliphatic heterocycles. The lowest BCUT2D eigenvalue weighted by Gasteiger charge is -2.20. The van der Waals surface area contributed by atoms with Gasteiger partial charge in [-0.1, -0.05) is 44.7 Å². The first-order chi connectivity index (χ1) is 8.63. The van der Waals surface area contributed by atoms with E-state index in [4.69, 9.17) is 0 Å². The molecule has 0 saturated carbocycles. The molecule has 0 saturated heterocycles. The third-order valence-corrected chi connectivity index (χ3v) is 4.11. The monoisotopic (exact) mass is 359 g/mol. The van der Waals surface area contributed by atoms with Crippen LogP contribution in [-0.2, 0) is 0 Å². The van der Waals surface area contributed by atoms with Crippen molar-refractivity contribution in [2.24, 2.45) is 0 Å². The topological polar surface area (TPSA) is 12.0 Å². The zero-order valence-corrected chi connectivity index (χ0v) is 14.0. The first-order valence-corrected chi connectivity index (χ1v) is 8.23. The molecule has 2 unspecified atom stereocenters.